The maximum absolute atomic E-state index is 11.7. The van der Waals surface area contributed by atoms with Crippen LogP contribution in [0.2, 0.25) is 5.02 Å². The quantitative estimate of drug-likeness (QED) is 0.817. The van der Waals surface area contributed by atoms with Gasteiger partial charge in [-0.2, -0.15) is 0 Å². The lowest BCUT2D eigenvalue weighted by Gasteiger charge is -2.22. The van der Waals surface area contributed by atoms with Crippen molar-refractivity contribution >= 4 is 23.5 Å². The van der Waals surface area contributed by atoms with Gasteiger partial charge in [0.05, 0.1) is 0 Å². The normalized spacial score (nSPS) is 15.1. The molecule has 22 heavy (non-hydrogen) atoms. The van der Waals surface area contributed by atoms with Crippen molar-refractivity contribution in [2.24, 2.45) is 0 Å². The van der Waals surface area contributed by atoms with Crippen LogP contribution in [0.25, 0.3) is 0 Å². The van der Waals surface area contributed by atoms with Crippen molar-refractivity contribution in [3.8, 4) is 5.75 Å². The third-order valence-electron chi connectivity index (χ3n) is 3.49. The Hall–Kier alpha value is -1.75. The fourth-order valence-electron chi connectivity index (χ4n) is 2.40. The van der Waals surface area contributed by atoms with Crippen molar-refractivity contribution in [2.45, 2.75) is 38.1 Å². The Bertz CT molecular complexity index is 515. The van der Waals surface area contributed by atoms with E-state index in [0.717, 1.165) is 25.7 Å². The molecule has 1 aliphatic carbocycles. The fourth-order valence-corrected chi connectivity index (χ4v) is 2.58. The number of nitrogens with one attached hydrogen (secondary N) is 1. The monoisotopic (exact) mass is 325 g/mol. The van der Waals surface area contributed by atoms with Crippen LogP contribution in [0.1, 0.15) is 32.1 Å². The van der Waals surface area contributed by atoms with Crippen LogP contribution in [-0.2, 0) is 14.3 Å². The van der Waals surface area contributed by atoms with Gasteiger partial charge >= 0.3 is 5.97 Å². The first-order chi connectivity index (χ1) is 10.6. The highest BCUT2D eigenvalue weighted by atomic mass is 35.5. The molecule has 120 valence electrons. The van der Waals surface area contributed by atoms with Crippen molar-refractivity contribution in [1.82, 2.24) is 5.32 Å². The number of amides is 1. The second-order valence-electron chi connectivity index (χ2n) is 5.31. The SMILES string of the molecule is O=C(COC(=O)COc1cccc(Cl)c1)NC1CCCCC1. The van der Waals surface area contributed by atoms with E-state index in [1.54, 1.807) is 24.3 Å². The fraction of sp³-hybridized carbons (Fsp3) is 0.500. The summed E-state index contributed by atoms with van der Waals surface area (Å²) in [5.41, 5.74) is 0. The van der Waals surface area contributed by atoms with Gasteiger partial charge in [-0.15, -0.1) is 0 Å². The number of rotatable bonds is 6. The minimum Gasteiger partial charge on any atom is -0.482 e. The van der Waals surface area contributed by atoms with Crippen LogP contribution >= 0.6 is 11.6 Å². The topological polar surface area (TPSA) is 64.6 Å². The van der Waals surface area contributed by atoms with E-state index in [2.05, 4.69) is 5.32 Å². The minimum atomic E-state index is -0.584. The Balaban J connectivity index is 1.63. The van der Waals surface area contributed by atoms with Crippen LogP contribution in [0.5, 0.6) is 5.75 Å². The summed E-state index contributed by atoms with van der Waals surface area (Å²) in [4.78, 5) is 23.2. The molecular weight excluding hydrogens is 306 g/mol. The van der Waals surface area contributed by atoms with Crippen LogP contribution < -0.4 is 10.1 Å². The van der Waals surface area contributed by atoms with E-state index >= 15 is 0 Å². The van der Waals surface area contributed by atoms with Gasteiger partial charge in [0.25, 0.3) is 5.91 Å². The number of halogens is 1. The van der Waals surface area contributed by atoms with E-state index in [1.807, 2.05) is 0 Å². The predicted octanol–water partition coefficient (Wildman–Crippen LogP) is 2.71. The van der Waals surface area contributed by atoms with Gasteiger partial charge in [-0.1, -0.05) is 36.9 Å². The maximum atomic E-state index is 11.7. The number of hydrogen-bond donors (Lipinski definition) is 1. The first-order valence-electron chi connectivity index (χ1n) is 7.47. The Labute approximate surface area is 134 Å². The molecule has 1 aromatic carbocycles. The molecule has 0 unspecified atom stereocenters. The van der Waals surface area contributed by atoms with E-state index in [0.29, 0.717) is 10.8 Å². The van der Waals surface area contributed by atoms with Gasteiger partial charge < -0.3 is 14.8 Å². The zero-order valence-electron chi connectivity index (χ0n) is 12.3. The molecule has 0 heterocycles. The lowest BCUT2D eigenvalue weighted by molar-refractivity contribution is -0.150. The van der Waals surface area contributed by atoms with Crippen molar-refractivity contribution in [3.63, 3.8) is 0 Å². The molecule has 1 N–H and O–H groups in total. The Morgan fingerprint density at radius 1 is 1.18 bits per heavy atom. The van der Waals surface area contributed by atoms with Gasteiger partial charge in [0.2, 0.25) is 0 Å². The standard InChI is InChI=1S/C16H20ClNO4/c17-12-5-4-8-14(9-12)21-11-16(20)22-10-15(19)18-13-6-2-1-3-7-13/h4-5,8-9,13H,1-3,6-7,10-11H2,(H,18,19). The minimum absolute atomic E-state index is 0.211. The van der Waals surface area contributed by atoms with Crippen molar-refractivity contribution in [1.29, 1.82) is 0 Å². The molecule has 1 fully saturated rings. The lowest BCUT2D eigenvalue weighted by Crippen LogP contribution is -2.39. The molecule has 0 atom stereocenters. The Morgan fingerprint density at radius 2 is 1.95 bits per heavy atom. The Morgan fingerprint density at radius 3 is 2.68 bits per heavy atom. The number of carbonyl (C=O) groups is 2. The molecule has 0 aliphatic heterocycles. The maximum Gasteiger partial charge on any atom is 0.344 e. The molecular formula is C16H20ClNO4. The van der Waals surface area contributed by atoms with Gasteiger partial charge in [0.1, 0.15) is 5.75 Å². The van der Waals surface area contributed by atoms with Crippen LogP contribution in [0, 0.1) is 0 Å². The summed E-state index contributed by atoms with van der Waals surface area (Å²) in [5.74, 6) is -0.363. The number of ether oxygens (including phenoxy) is 2. The molecule has 1 aliphatic rings. The molecule has 0 bridgehead atoms. The average Bonchev–Trinajstić information content (AvgIpc) is 2.52. The molecule has 6 heteroatoms. The summed E-state index contributed by atoms with van der Waals surface area (Å²) in [6, 6.07) is 6.94. The molecule has 2 rings (SSSR count). The second-order valence-corrected chi connectivity index (χ2v) is 5.75. The number of carbonyl (C=O) groups excluding carboxylic acids is 2. The third kappa shape index (κ3) is 5.93. The van der Waals surface area contributed by atoms with Gasteiger partial charge in [0, 0.05) is 11.1 Å². The van der Waals surface area contributed by atoms with Crippen molar-refractivity contribution < 1.29 is 19.1 Å². The van der Waals surface area contributed by atoms with Gasteiger partial charge in [-0.3, -0.25) is 4.79 Å². The van der Waals surface area contributed by atoms with Crippen molar-refractivity contribution in [3.05, 3.63) is 29.3 Å². The van der Waals surface area contributed by atoms with E-state index < -0.39 is 5.97 Å². The van der Waals surface area contributed by atoms with E-state index in [9.17, 15) is 9.59 Å². The molecule has 1 amide bonds. The first-order valence-corrected chi connectivity index (χ1v) is 7.84. The molecule has 1 saturated carbocycles. The molecule has 0 spiro atoms. The van der Waals surface area contributed by atoms with Crippen molar-refractivity contribution in [2.75, 3.05) is 13.2 Å². The molecule has 5 nitrogen and oxygen atoms in total. The summed E-state index contributed by atoms with van der Waals surface area (Å²) in [6.45, 7) is -0.523. The highest BCUT2D eigenvalue weighted by molar-refractivity contribution is 6.30. The zero-order valence-corrected chi connectivity index (χ0v) is 13.1. The van der Waals surface area contributed by atoms with Crippen LogP contribution in [0.3, 0.4) is 0 Å². The third-order valence-corrected chi connectivity index (χ3v) is 3.72. The van der Waals surface area contributed by atoms with E-state index in [-0.39, 0.29) is 25.2 Å². The average molecular weight is 326 g/mol. The van der Waals surface area contributed by atoms with Crippen LogP contribution in [-0.4, -0.2) is 31.1 Å². The number of esters is 1. The lowest BCUT2D eigenvalue weighted by atomic mass is 9.95. The smallest absolute Gasteiger partial charge is 0.344 e. The first kappa shape index (κ1) is 16.6. The summed E-state index contributed by atoms with van der Waals surface area (Å²) < 4.78 is 10.1. The summed E-state index contributed by atoms with van der Waals surface area (Å²) >= 11 is 5.81. The predicted molar refractivity (Wildman–Crippen MR) is 82.9 cm³/mol. The largest absolute Gasteiger partial charge is 0.482 e. The highest BCUT2D eigenvalue weighted by Gasteiger charge is 2.16. The number of benzene rings is 1. The van der Waals surface area contributed by atoms with Gasteiger partial charge in [-0.25, -0.2) is 4.79 Å². The number of hydrogen-bond acceptors (Lipinski definition) is 4. The Kier molecular flexibility index (Phi) is 6.52. The molecule has 0 radical (unpaired) electrons. The molecule has 1 aromatic rings. The second kappa shape index (κ2) is 8.63. The van der Waals surface area contributed by atoms with E-state index in [1.165, 1.54) is 6.42 Å². The highest BCUT2D eigenvalue weighted by Crippen LogP contribution is 2.17. The van der Waals surface area contributed by atoms with Crippen LogP contribution in [0.4, 0.5) is 0 Å². The summed E-state index contributed by atoms with van der Waals surface area (Å²) in [7, 11) is 0. The molecule has 0 aromatic heterocycles. The summed E-state index contributed by atoms with van der Waals surface area (Å²) in [6.07, 6.45) is 5.49. The van der Waals surface area contributed by atoms with Crippen LogP contribution in [0.15, 0.2) is 24.3 Å². The van der Waals surface area contributed by atoms with Gasteiger partial charge in [0.15, 0.2) is 13.2 Å². The van der Waals surface area contributed by atoms with E-state index in [4.69, 9.17) is 21.1 Å². The summed E-state index contributed by atoms with van der Waals surface area (Å²) in [5, 5.41) is 3.41. The van der Waals surface area contributed by atoms with Gasteiger partial charge in [-0.05, 0) is 31.0 Å². The zero-order chi connectivity index (χ0) is 15.8. The molecule has 0 saturated heterocycles.